The Morgan fingerprint density at radius 2 is 1.36 bits per heavy atom. The van der Waals surface area contributed by atoms with Crippen molar-refractivity contribution in [1.29, 1.82) is 0 Å². The Morgan fingerprint density at radius 1 is 0.909 bits per heavy atom. The fraction of sp³-hybridized carbons (Fsp3) is 1.00. The van der Waals surface area contributed by atoms with Crippen LogP contribution >= 0.6 is 8.73 Å². The molecule has 1 rings (SSSR count). The van der Waals surface area contributed by atoms with Gasteiger partial charge in [0.15, 0.2) is 0 Å². The molecular formula is C8H19N2P. The minimum Gasteiger partial charge on any atom is -0.321 e. The molecule has 2 nitrogen and oxygen atoms in total. The lowest BCUT2D eigenvalue weighted by Gasteiger charge is -2.29. The maximum Gasteiger partial charge on any atom is 0.0460 e. The van der Waals surface area contributed by atoms with Crippen molar-refractivity contribution in [3.8, 4) is 0 Å². The van der Waals surface area contributed by atoms with Crippen molar-refractivity contribution in [2.24, 2.45) is 11.2 Å². The number of hydrogen-bond donors (Lipinski definition) is 2. The first-order valence-corrected chi connectivity index (χ1v) is 5.61. The van der Waals surface area contributed by atoms with Crippen LogP contribution in [0, 0.1) is 0 Å². The first-order chi connectivity index (χ1) is 5.27. The largest absolute Gasteiger partial charge is 0.321 e. The molecule has 0 aromatic rings. The monoisotopic (exact) mass is 174 g/mol. The smallest absolute Gasteiger partial charge is 0.0460 e. The summed E-state index contributed by atoms with van der Waals surface area (Å²) in [4.78, 5) is 0. The molecule has 1 atom stereocenters. The molecule has 1 unspecified atom stereocenters. The Bertz CT molecular complexity index is 109. The standard InChI is InChI=1S/C8H19N2P/c9-8(11-10)6-4-2-1-3-5-7-8/h11H,1-7,9-10H2. The van der Waals surface area contributed by atoms with Crippen molar-refractivity contribution in [3.63, 3.8) is 0 Å². The summed E-state index contributed by atoms with van der Waals surface area (Å²) < 4.78 is 0. The minimum absolute atomic E-state index is 0.000417. The summed E-state index contributed by atoms with van der Waals surface area (Å²) in [5.41, 5.74) is 11.8. The predicted molar refractivity (Wildman–Crippen MR) is 51.7 cm³/mol. The molecule has 3 heteroatoms. The summed E-state index contributed by atoms with van der Waals surface area (Å²) in [6, 6.07) is 0. The average molecular weight is 174 g/mol. The lowest BCUT2D eigenvalue weighted by Crippen LogP contribution is -2.36. The zero-order valence-electron chi connectivity index (χ0n) is 7.10. The Hall–Kier alpha value is 0.350. The van der Waals surface area contributed by atoms with E-state index in [0.29, 0.717) is 8.73 Å². The molecule has 1 aliphatic carbocycles. The highest BCUT2D eigenvalue weighted by Crippen LogP contribution is 2.33. The van der Waals surface area contributed by atoms with Gasteiger partial charge in [0.25, 0.3) is 0 Å². The second-order valence-corrected chi connectivity index (χ2v) is 4.85. The van der Waals surface area contributed by atoms with E-state index in [-0.39, 0.29) is 5.28 Å². The van der Waals surface area contributed by atoms with Crippen LogP contribution < -0.4 is 11.2 Å². The Labute approximate surface area is 70.9 Å². The van der Waals surface area contributed by atoms with Crippen LogP contribution in [0.5, 0.6) is 0 Å². The molecule has 0 saturated heterocycles. The summed E-state index contributed by atoms with van der Waals surface area (Å²) in [5.74, 6) is 0. The molecule has 4 N–H and O–H groups in total. The van der Waals surface area contributed by atoms with E-state index in [1.165, 1.54) is 32.1 Å². The molecule has 0 aliphatic heterocycles. The van der Waals surface area contributed by atoms with Crippen molar-refractivity contribution < 1.29 is 0 Å². The summed E-state index contributed by atoms with van der Waals surface area (Å²) in [6.45, 7) is 0. The van der Waals surface area contributed by atoms with E-state index in [2.05, 4.69) is 0 Å². The van der Waals surface area contributed by atoms with Crippen molar-refractivity contribution in [2.45, 2.75) is 50.2 Å². The molecule has 0 aromatic carbocycles. The maximum atomic E-state index is 6.12. The summed E-state index contributed by atoms with van der Waals surface area (Å²) >= 11 is 0. The lowest BCUT2D eigenvalue weighted by atomic mass is 9.97. The quantitative estimate of drug-likeness (QED) is 0.597. The van der Waals surface area contributed by atoms with Crippen LogP contribution in [0.2, 0.25) is 0 Å². The van der Waals surface area contributed by atoms with Gasteiger partial charge < -0.3 is 11.2 Å². The molecule has 0 amide bonds. The van der Waals surface area contributed by atoms with E-state index < -0.39 is 0 Å². The third kappa shape index (κ3) is 3.06. The fourth-order valence-electron chi connectivity index (χ4n) is 1.68. The van der Waals surface area contributed by atoms with Gasteiger partial charge >= 0.3 is 0 Å². The topological polar surface area (TPSA) is 52.0 Å². The van der Waals surface area contributed by atoms with Gasteiger partial charge in [-0.2, -0.15) is 0 Å². The van der Waals surface area contributed by atoms with Gasteiger partial charge in [0.05, 0.1) is 0 Å². The van der Waals surface area contributed by atoms with Crippen molar-refractivity contribution in [2.75, 3.05) is 0 Å². The van der Waals surface area contributed by atoms with Crippen LogP contribution in [0.3, 0.4) is 0 Å². The minimum atomic E-state index is 0.000417. The molecule has 0 radical (unpaired) electrons. The van der Waals surface area contributed by atoms with Gasteiger partial charge in [-0.1, -0.05) is 32.1 Å². The molecule has 0 heterocycles. The third-order valence-electron chi connectivity index (χ3n) is 2.53. The number of nitrogens with two attached hydrogens (primary N) is 2. The number of rotatable bonds is 1. The van der Waals surface area contributed by atoms with Gasteiger partial charge in [0, 0.05) is 5.28 Å². The zero-order chi connectivity index (χ0) is 8.16. The Morgan fingerprint density at radius 3 is 1.82 bits per heavy atom. The third-order valence-corrected chi connectivity index (χ3v) is 3.61. The van der Waals surface area contributed by atoms with Gasteiger partial charge in [-0.3, -0.25) is 0 Å². The Balaban J connectivity index is 2.37. The van der Waals surface area contributed by atoms with Gasteiger partial charge in [-0.15, -0.1) is 0 Å². The molecule has 1 saturated carbocycles. The van der Waals surface area contributed by atoms with Crippen molar-refractivity contribution >= 4 is 8.73 Å². The van der Waals surface area contributed by atoms with Crippen LogP contribution in [-0.2, 0) is 0 Å². The maximum absolute atomic E-state index is 6.12. The summed E-state index contributed by atoms with van der Waals surface area (Å²) in [6.07, 6.45) is 8.93. The predicted octanol–water partition coefficient (Wildman–Crippen LogP) is 1.94. The van der Waals surface area contributed by atoms with E-state index in [9.17, 15) is 0 Å². The second kappa shape index (κ2) is 4.39. The first kappa shape index (κ1) is 9.44. The highest BCUT2D eigenvalue weighted by atomic mass is 31.1. The molecule has 0 aromatic heterocycles. The summed E-state index contributed by atoms with van der Waals surface area (Å²) in [7, 11) is 0.430. The van der Waals surface area contributed by atoms with E-state index in [4.69, 9.17) is 11.2 Å². The second-order valence-electron chi connectivity index (χ2n) is 3.57. The highest BCUT2D eigenvalue weighted by molar-refractivity contribution is 7.37. The van der Waals surface area contributed by atoms with E-state index >= 15 is 0 Å². The van der Waals surface area contributed by atoms with Gasteiger partial charge in [0.1, 0.15) is 0 Å². The zero-order valence-corrected chi connectivity index (χ0v) is 8.10. The van der Waals surface area contributed by atoms with E-state index in [1.807, 2.05) is 0 Å². The van der Waals surface area contributed by atoms with Crippen LogP contribution in [0.25, 0.3) is 0 Å². The first-order valence-electron chi connectivity index (χ1n) is 4.53. The molecule has 11 heavy (non-hydrogen) atoms. The lowest BCUT2D eigenvalue weighted by molar-refractivity contribution is 0.420. The SMILES string of the molecule is NPC1(N)CCCCCCC1. The van der Waals surface area contributed by atoms with Crippen LogP contribution in [0.1, 0.15) is 44.9 Å². The summed E-state index contributed by atoms with van der Waals surface area (Å²) in [5, 5.41) is 0.000417. The van der Waals surface area contributed by atoms with Gasteiger partial charge in [0.2, 0.25) is 0 Å². The van der Waals surface area contributed by atoms with Crippen LogP contribution in [0.4, 0.5) is 0 Å². The molecule has 1 fully saturated rings. The van der Waals surface area contributed by atoms with Crippen molar-refractivity contribution in [1.82, 2.24) is 0 Å². The van der Waals surface area contributed by atoms with E-state index in [1.54, 1.807) is 0 Å². The van der Waals surface area contributed by atoms with Gasteiger partial charge in [-0.25, -0.2) is 0 Å². The van der Waals surface area contributed by atoms with E-state index in [0.717, 1.165) is 12.8 Å². The Kier molecular flexibility index (Phi) is 3.77. The molecule has 0 spiro atoms. The van der Waals surface area contributed by atoms with Gasteiger partial charge in [-0.05, 0) is 21.6 Å². The average Bonchev–Trinajstić information content (AvgIpc) is 1.98. The molecule has 0 bridgehead atoms. The fourth-order valence-corrected chi connectivity index (χ4v) is 2.32. The van der Waals surface area contributed by atoms with Crippen molar-refractivity contribution in [3.05, 3.63) is 0 Å². The van der Waals surface area contributed by atoms with Crippen LogP contribution in [-0.4, -0.2) is 5.28 Å². The highest BCUT2D eigenvalue weighted by Gasteiger charge is 2.23. The molecule has 1 aliphatic rings. The van der Waals surface area contributed by atoms with Crippen LogP contribution in [0.15, 0.2) is 0 Å². The molecular weight excluding hydrogens is 155 g/mol. The normalized spacial score (nSPS) is 26.7. The number of hydrogen-bond acceptors (Lipinski definition) is 2. The molecule has 66 valence electrons.